The van der Waals surface area contributed by atoms with Gasteiger partial charge >= 0.3 is 0 Å². The maximum Gasteiger partial charge on any atom is 0.235 e. The SMILES string of the molecule is CNc1cc(-c2nc(C3(O)CC3)n(CCPCPCC(=O)C#N)c2C2/C=C\CCC/C(F)=C\C2)ccn1. The molecule has 10 heteroatoms. The largest absolute Gasteiger partial charge is 0.382 e. The number of pyridine rings is 1. The maximum absolute atomic E-state index is 14.4. The molecule has 4 rings (SSSR count). The summed E-state index contributed by atoms with van der Waals surface area (Å²) in [7, 11) is 2.92. The van der Waals surface area contributed by atoms with Crippen LogP contribution in [0, 0.1) is 11.3 Å². The zero-order chi connectivity index (χ0) is 26.3. The van der Waals surface area contributed by atoms with Gasteiger partial charge in [0.25, 0.3) is 0 Å². The first-order valence-corrected chi connectivity index (χ1v) is 15.6. The number of aliphatic hydroxyl groups is 1. The summed E-state index contributed by atoms with van der Waals surface area (Å²) >= 11 is 0. The zero-order valence-electron chi connectivity index (χ0n) is 21.1. The number of allylic oxidation sites excluding steroid dienone is 4. The van der Waals surface area contributed by atoms with Crippen LogP contribution in [0.4, 0.5) is 10.2 Å². The van der Waals surface area contributed by atoms with Crippen molar-refractivity contribution in [3.05, 3.63) is 53.9 Å². The Morgan fingerprint density at radius 1 is 1.41 bits per heavy atom. The van der Waals surface area contributed by atoms with Crippen molar-refractivity contribution in [3.8, 4) is 17.3 Å². The molecule has 2 heterocycles. The van der Waals surface area contributed by atoms with Gasteiger partial charge < -0.3 is 15.0 Å². The van der Waals surface area contributed by atoms with Gasteiger partial charge in [-0.1, -0.05) is 18.2 Å². The van der Waals surface area contributed by atoms with Crippen molar-refractivity contribution in [1.29, 1.82) is 5.26 Å². The second kappa shape index (κ2) is 12.9. The molecule has 0 amide bonds. The second-order valence-electron chi connectivity index (χ2n) is 9.48. The Kier molecular flexibility index (Phi) is 9.60. The van der Waals surface area contributed by atoms with Crippen molar-refractivity contribution in [2.24, 2.45) is 0 Å². The first-order valence-electron chi connectivity index (χ1n) is 12.8. The van der Waals surface area contributed by atoms with E-state index in [1.165, 1.54) is 0 Å². The fraction of sp³-hybridized carbons (Fsp3) is 0.481. The van der Waals surface area contributed by atoms with Crippen LogP contribution in [0.5, 0.6) is 0 Å². The highest BCUT2D eigenvalue weighted by molar-refractivity contribution is 7.56. The topological polar surface area (TPSA) is 104 Å². The average Bonchev–Trinajstić information content (AvgIpc) is 3.51. The molecule has 3 atom stereocenters. The monoisotopic (exact) mass is 541 g/mol. The summed E-state index contributed by atoms with van der Waals surface area (Å²) in [5, 5.41) is 23.0. The second-order valence-corrected chi connectivity index (χ2v) is 12.8. The Bertz CT molecular complexity index is 1220. The lowest BCUT2D eigenvalue weighted by Crippen LogP contribution is -2.18. The lowest BCUT2D eigenvalue weighted by atomic mass is 9.95. The van der Waals surface area contributed by atoms with E-state index in [0.717, 1.165) is 47.7 Å². The number of hydrogen-bond donors (Lipinski definition) is 2. The summed E-state index contributed by atoms with van der Waals surface area (Å²) in [6, 6.07) is 5.58. The third-order valence-electron chi connectivity index (χ3n) is 6.71. The van der Waals surface area contributed by atoms with Gasteiger partial charge in [-0.3, -0.25) is 4.79 Å². The van der Waals surface area contributed by atoms with Gasteiger partial charge in [-0.25, -0.2) is 14.4 Å². The summed E-state index contributed by atoms with van der Waals surface area (Å²) < 4.78 is 16.6. The number of hydrogen-bond acceptors (Lipinski definition) is 6. The summed E-state index contributed by atoms with van der Waals surface area (Å²) in [6.07, 6.45) is 12.9. The molecule has 2 aromatic heterocycles. The standard InChI is InChI=1S/C27H34FN5O2P2/c1-30-23-15-20(9-12-31-23)24-25(19-5-3-2-4-6-21(28)8-7-19)33(26(32-24)27(35)10-11-27)13-14-36-18-37-17-22(34)16-29/h3,5,8-9,12,15,19,35-37H,2,4,6-7,10-11,13-14,17-18H2,1H3,(H,30,31)/b5-3-,21-8+. The number of nitrogens with zero attached hydrogens (tertiary/aromatic N) is 4. The third-order valence-corrected chi connectivity index (χ3v) is 9.86. The first kappa shape index (κ1) is 27.6. The van der Waals surface area contributed by atoms with Crippen LogP contribution in [0.25, 0.3) is 11.3 Å². The Balaban J connectivity index is 1.71. The Hall–Kier alpha value is -2.45. The molecule has 7 nitrogen and oxygen atoms in total. The first-order chi connectivity index (χ1) is 17.9. The minimum absolute atomic E-state index is 0.0712. The van der Waals surface area contributed by atoms with Gasteiger partial charge in [0.15, 0.2) is 0 Å². The molecule has 196 valence electrons. The number of anilines is 1. The van der Waals surface area contributed by atoms with Crippen LogP contribution in [0.3, 0.4) is 0 Å². The molecule has 2 aliphatic carbocycles. The number of aromatic nitrogens is 3. The maximum atomic E-state index is 14.4. The van der Waals surface area contributed by atoms with Crippen molar-refractivity contribution >= 4 is 28.8 Å². The molecule has 3 unspecified atom stereocenters. The van der Waals surface area contributed by atoms with E-state index in [2.05, 4.69) is 27.0 Å². The van der Waals surface area contributed by atoms with Crippen molar-refractivity contribution in [2.45, 2.75) is 56.6 Å². The van der Waals surface area contributed by atoms with Crippen LogP contribution in [0.1, 0.15) is 56.0 Å². The number of carbonyl (C=O) groups excluding carboxylic acids is 1. The number of rotatable bonds is 11. The molecule has 0 saturated heterocycles. The van der Waals surface area contributed by atoms with Crippen molar-refractivity contribution in [3.63, 3.8) is 0 Å². The van der Waals surface area contributed by atoms with Crippen LogP contribution >= 0.6 is 17.2 Å². The number of Topliss-reactive ketones (excluding diaryl/α,β-unsaturated/α-hetero) is 1. The summed E-state index contributed by atoms with van der Waals surface area (Å²) in [4.78, 5) is 20.7. The van der Waals surface area contributed by atoms with E-state index in [9.17, 15) is 14.3 Å². The average molecular weight is 542 g/mol. The molecular formula is C27H34FN5O2P2. The highest BCUT2D eigenvalue weighted by Gasteiger charge is 2.47. The van der Waals surface area contributed by atoms with E-state index in [0.29, 0.717) is 61.4 Å². The minimum Gasteiger partial charge on any atom is -0.382 e. The smallest absolute Gasteiger partial charge is 0.235 e. The quantitative estimate of drug-likeness (QED) is 0.170. The Morgan fingerprint density at radius 2 is 2.24 bits per heavy atom. The van der Waals surface area contributed by atoms with E-state index in [-0.39, 0.29) is 17.5 Å². The van der Waals surface area contributed by atoms with Gasteiger partial charge in [0.1, 0.15) is 23.3 Å². The number of carbonyl (C=O) groups is 1. The van der Waals surface area contributed by atoms with Crippen molar-refractivity contribution in [2.75, 3.05) is 30.6 Å². The fourth-order valence-corrected chi connectivity index (χ4v) is 7.16. The van der Waals surface area contributed by atoms with E-state index in [4.69, 9.17) is 10.2 Å². The molecular weight excluding hydrogens is 507 g/mol. The summed E-state index contributed by atoms with van der Waals surface area (Å²) in [5.74, 6) is 1.83. The molecule has 0 aliphatic heterocycles. The van der Waals surface area contributed by atoms with E-state index in [1.807, 2.05) is 19.2 Å². The zero-order valence-corrected chi connectivity index (χ0v) is 23.1. The molecule has 37 heavy (non-hydrogen) atoms. The normalized spacial score (nSPS) is 21.7. The van der Waals surface area contributed by atoms with Crippen LogP contribution < -0.4 is 5.32 Å². The molecule has 2 aliphatic rings. The van der Waals surface area contributed by atoms with Crippen LogP contribution in [-0.2, 0) is 16.9 Å². The third kappa shape index (κ3) is 7.11. The summed E-state index contributed by atoms with van der Waals surface area (Å²) in [5.41, 5.74) is 1.79. The number of ketones is 1. The lowest BCUT2D eigenvalue weighted by Gasteiger charge is -2.20. The highest BCUT2D eigenvalue weighted by atomic mass is 31.1. The van der Waals surface area contributed by atoms with Gasteiger partial charge in [0, 0.05) is 37.4 Å². The molecule has 0 bridgehead atoms. The molecule has 2 aromatic rings. The predicted octanol–water partition coefficient (Wildman–Crippen LogP) is 5.44. The van der Waals surface area contributed by atoms with Crippen LogP contribution in [0.15, 0.2) is 42.4 Å². The van der Waals surface area contributed by atoms with E-state index < -0.39 is 5.60 Å². The van der Waals surface area contributed by atoms with Crippen molar-refractivity contribution < 1.29 is 14.3 Å². The lowest BCUT2D eigenvalue weighted by molar-refractivity contribution is -0.111. The van der Waals surface area contributed by atoms with Gasteiger partial charge in [-0.05, 0) is 62.7 Å². The molecule has 2 N–H and O–H groups in total. The fourth-order valence-electron chi connectivity index (χ4n) is 4.56. The van der Waals surface area contributed by atoms with E-state index >= 15 is 0 Å². The summed E-state index contributed by atoms with van der Waals surface area (Å²) in [6.45, 7) is 0.690. The minimum atomic E-state index is -0.931. The van der Waals surface area contributed by atoms with Crippen LogP contribution in [-0.4, -0.2) is 50.7 Å². The van der Waals surface area contributed by atoms with Gasteiger partial charge in [-0.2, -0.15) is 5.26 Å². The molecule has 0 aromatic carbocycles. The van der Waals surface area contributed by atoms with E-state index in [1.54, 1.807) is 18.3 Å². The molecule has 1 saturated carbocycles. The van der Waals surface area contributed by atoms with Crippen LogP contribution in [0.2, 0.25) is 0 Å². The Morgan fingerprint density at radius 3 is 3.00 bits per heavy atom. The predicted molar refractivity (Wildman–Crippen MR) is 150 cm³/mol. The van der Waals surface area contributed by atoms with Crippen molar-refractivity contribution in [1.82, 2.24) is 14.5 Å². The number of nitrogens with one attached hydrogen (secondary N) is 1. The number of halogens is 1. The molecule has 1 fully saturated rings. The van der Waals surface area contributed by atoms with Gasteiger partial charge in [0.05, 0.1) is 17.2 Å². The number of nitriles is 1. The highest BCUT2D eigenvalue weighted by Crippen LogP contribution is 2.48. The van der Waals surface area contributed by atoms with Gasteiger partial charge in [0.2, 0.25) is 5.78 Å². The molecule has 0 spiro atoms. The van der Waals surface area contributed by atoms with Gasteiger partial charge in [-0.15, -0.1) is 17.2 Å². The number of imidazole rings is 1. The molecule has 0 radical (unpaired) electrons. The Labute approximate surface area is 221 Å².